The van der Waals surface area contributed by atoms with Crippen LogP contribution in [0.15, 0.2) is 36.4 Å². The van der Waals surface area contributed by atoms with Crippen molar-refractivity contribution >= 4 is 11.6 Å². The summed E-state index contributed by atoms with van der Waals surface area (Å²) in [6.07, 6.45) is -0.563. The minimum absolute atomic E-state index is 0.225. The lowest BCUT2D eigenvalue weighted by Crippen LogP contribution is -1.93. The summed E-state index contributed by atoms with van der Waals surface area (Å²) in [6, 6.07) is 10.5. The van der Waals surface area contributed by atoms with Crippen LogP contribution >= 0.6 is 11.6 Å². The molecule has 2 aromatic rings. The Hall–Kier alpha value is -1.91. The summed E-state index contributed by atoms with van der Waals surface area (Å²) in [5, 5.41) is 9.95. The van der Waals surface area contributed by atoms with Gasteiger partial charge in [0.25, 0.3) is 0 Å². The van der Waals surface area contributed by atoms with Crippen molar-refractivity contribution in [3.8, 4) is 23.0 Å². The first-order valence-electron chi connectivity index (χ1n) is 6.18. The molecule has 0 bridgehead atoms. The minimum atomic E-state index is -0.563. The normalized spacial score (nSPS) is 14.2. The first kappa shape index (κ1) is 13.1. The predicted octanol–water partition coefficient (Wildman–Crippen LogP) is 3.91. The van der Waals surface area contributed by atoms with E-state index in [1.54, 1.807) is 43.3 Å². The number of hydrogen-bond donors (Lipinski definition) is 1. The van der Waals surface area contributed by atoms with Crippen LogP contribution in [-0.2, 0) is 0 Å². The van der Waals surface area contributed by atoms with Crippen LogP contribution in [0, 0.1) is 0 Å². The van der Waals surface area contributed by atoms with Crippen LogP contribution in [0.5, 0.6) is 23.0 Å². The van der Waals surface area contributed by atoms with E-state index in [1.807, 2.05) is 0 Å². The van der Waals surface area contributed by atoms with Gasteiger partial charge in [0.1, 0.15) is 11.5 Å². The molecule has 1 heterocycles. The average molecular weight is 293 g/mol. The van der Waals surface area contributed by atoms with Crippen molar-refractivity contribution in [2.24, 2.45) is 0 Å². The van der Waals surface area contributed by atoms with E-state index >= 15 is 0 Å². The Labute approximate surface area is 121 Å². The SMILES string of the molecule is C[C@@H](O)c1ccc(Oc2ccc3c(c2)OCO3)c(Cl)c1. The first-order chi connectivity index (χ1) is 9.63. The molecule has 1 atom stereocenters. The van der Waals surface area contributed by atoms with Gasteiger partial charge < -0.3 is 19.3 Å². The van der Waals surface area contributed by atoms with Crippen LogP contribution in [0.3, 0.4) is 0 Å². The third-order valence-corrected chi connectivity index (χ3v) is 3.31. The van der Waals surface area contributed by atoms with Crippen LogP contribution < -0.4 is 14.2 Å². The lowest BCUT2D eigenvalue weighted by Gasteiger charge is -2.11. The molecule has 4 nitrogen and oxygen atoms in total. The summed E-state index contributed by atoms with van der Waals surface area (Å²) >= 11 is 6.15. The van der Waals surface area contributed by atoms with Crippen molar-refractivity contribution in [3.05, 3.63) is 47.0 Å². The Morgan fingerprint density at radius 1 is 1.15 bits per heavy atom. The molecule has 1 aliphatic heterocycles. The number of ether oxygens (including phenoxy) is 3. The number of hydrogen-bond acceptors (Lipinski definition) is 4. The van der Waals surface area contributed by atoms with E-state index < -0.39 is 6.10 Å². The van der Waals surface area contributed by atoms with E-state index in [4.69, 9.17) is 25.8 Å². The molecule has 1 aliphatic rings. The molecule has 0 radical (unpaired) electrons. The monoisotopic (exact) mass is 292 g/mol. The summed E-state index contributed by atoms with van der Waals surface area (Å²) in [6.45, 7) is 1.91. The van der Waals surface area contributed by atoms with E-state index in [9.17, 15) is 5.11 Å². The summed E-state index contributed by atoms with van der Waals surface area (Å²) in [4.78, 5) is 0. The van der Waals surface area contributed by atoms with Crippen LogP contribution in [0.4, 0.5) is 0 Å². The number of aliphatic hydroxyl groups is 1. The second-order valence-corrected chi connectivity index (χ2v) is 4.89. The van der Waals surface area contributed by atoms with Crippen molar-refractivity contribution < 1.29 is 19.3 Å². The molecule has 0 fully saturated rings. The van der Waals surface area contributed by atoms with Crippen molar-refractivity contribution in [2.75, 3.05) is 6.79 Å². The molecule has 2 aromatic carbocycles. The van der Waals surface area contributed by atoms with Crippen molar-refractivity contribution in [2.45, 2.75) is 13.0 Å². The molecule has 0 amide bonds. The molecule has 1 N–H and O–H groups in total. The van der Waals surface area contributed by atoms with Gasteiger partial charge in [0, 0.05) is 6.07 Å². The molecule has 3 rings (SSSR count). The quantitative estimate of drug-likeness (QED) is 0.931. The highest BCUT2D eigenvalue weighted by Crippen LogP contribution is 2.38. The first-order valence-corrected chi connectivity index (χ1v) is 6.56. The summed E-state index contributed by atoms with van der Waals surface area (Å²) in [5.41, 5.74) is 0.744. The molecular formula is C15H13ClO4. The molecule has 20 heavy (non-hydrogen) atoms. The van der Waals surface area contributed by atoms with Crippen LogP contribution in [0.25, 0.3) is 0 Å². The molecule has 104 valence electrons. The van der Waals surface area contributed by atoms with Gasteiger partial charge >= 0.3 is 0 Å². The predicted molar refractivity (Wildman–Crippen MR) is 74.7 cm³/mol. The molecule has 0 aliphatic carbocycles. The highest BCUT2D eigenvalue weighted by atomic mass is 35.5. The molecule has 0 unspecified atom stereocenters. The Bertz CT molecular complexity index is 640. The molecular weight excluding hydrogens is 280 g/mol. The van der Waals surface area contributed by atoms with Gasteiger partial charge in [-0.05, 0) is 36.8 Å². The second-order valence-electron chi connectivity index (χ2n) is 4.48. The Kier molecular flexibility index (Phi) is 3.42. The smallest absolute Gasteiger partial charge is 0.231 e. The number of aliphatic hydroxyl groups excluding tert-OH is 1. The van der Waals surface area contributed by atoms with Gasteiger partial charge in [0.2, 0.25) is 6.79 Å². The van der Waals surface area contributed by atoms with Crippen molar-refractivity contribution in [3.63, 3.8) is 0 Å². The highest BCUT2D eigenvalue weighted by molar-refractivity contribution is 6.32. The zero-order valence-electron chi connectivity index (χ0n) is 10.8. The molecule has 0 saturated heterocycles. The maximum Gasteiger partial charge on any atom is 0.231 e. The highest BCUT2D eigenvalue weighted by Gasteiger charge is 2.15. The molecule has 0 saturated carbocycles. The fraction of sp³-hybridized carbons (Fsp3) is 0.200. The maximum absolute atomic E-state index is 9.50. The largest absolute Gasteiger partial charge is 0.456 e. The standard InChI is InChI=1S/C15H13ClO4/c1-9(17)10-2-4-13(12(16)6-10)20-11-3-5-14-15(7-11)19-8-18-14/h2-7,9,17H,8H2,1H3/t9-/m1/s1. The maximum atomic E-state index is 9.50. The van der Waals surface area contributed by atoms with E-state index in [0.29, 0.717) is 28.0 Å². The van der Waals surface area contributed by atoms with Gasteiger partial charge in [-0.3, -0.25) is 0 Å². The molecule has 0 spiro atoms. The minimum Gasteiger partial charge on any atom is -0.456 e. The molecule has 5 heteroatoms. The van der Waals surface area contributed by atoms with Crippen LogP contribution in [-0.4, -0.2) is 11.9 Å². The number of halogens is 1. The fourth-order valence-corrected chi connectivity index (χ4v) is 2.15. The second kappa shape index (κ2) is 5.23. The van der Waals surface area contributed by atoms with Gasteiger partial charge in [-0.15, -0.1) is 0 Å². The zero-order valence-corrected chi connectivity index (χ0v) is 11.6. The summed E-state index contributed by atoms with van der Waals surface area (Å²) in [7, 11) is 0. The zero-order chi connectivity index (χ0) is 14.1. The third-order valence-electron chi connectivity index (χ3n) is 3.01. The lowest BCUT2D eigenvalue weighted by atomic mass is 10.1. The van der Waals surface area contributed by atoms with Crippen molar-refractivity contribution in [1.82, 2.24) is 0 Å². The fourth-order valence-electron chi connectivity index (χ4n) is 1.93. The lowest BCUT2D eigenvalue weighted by molar-refractivity contribution is 0.174. The average Bonchev–Trinajstić information content (AvgIpc) is 2.88. The number of benzene rings is 2. The van der Waals surface area contributed by atoms with Gasteiger partial charge in [0.05, 0.1) is 11.1 Å². The van der Waals surface area contributed by atoms with Crippen LogP contribution in [0.1, 0.15) is 18.6 Å². The van der Waals surface area contributed by atoms with E-state index in [1.165, 1.54) is 0 Å². The summed E-state index contributed by atoms with van der Waals surface area (Å²) < 4.78 is 16.2. The Morgan fingerprint density at radius 3 is 2.70 bits per heavy atom. The number of rotatable bonds is 3. The number of fused-ring (bicyclic) bond motifs is 1. The van der Waals surface area contributed by atoms with Crippen LogP contribution in [0.2, 0.25) is 5.02 Å². The van der Waals surface area contributed by atoms with E-state index in [0.717, 1.165) is 5.56 Å². The van der Waals surface area contributed by atoms with Gasteiger partial charge in [-0.2, -0.15) is 0 Å². The summed E-state index contributed by atoms with van der Waals surface area (Å²) in [5.74, 6) is 2.49. The third kappa shape index (κ3) is 2.53. The van der Waals surface area contributed by atoms with Gasteiger partial charge in [-0.25, -0.2) is 0 Å². The Balaban J connectivity index is 1.84. The van der Waals surface area contributed by atoms with E-state index in [-0.39, 0.29) is 6.79 Å². The van der Waals surface area contributed by atoms with E-state index in [2.05, 4.69) is 0 Å². The molecule has 0 aromatic heterocycles. The topological polar surface area (TPSA) is 47.9 Å². The Morgan fingerprint density at radius 2 is 1.95 bits per heavy atom. The van der Waals surface area contributed by atoms with Gasteiger partial charge in [0.15, 0.2) is 11.5 Å². The van der Waals surface area contributed by atoms with Crippen molar-refractivity contribution in [1.29, 1.82) is 0 Å². The van der Waals surface area contributed by atoms with Gasteiger partial charge in [-0.1, -0.05) is 17.7 Å².